The number of aryl methyl sites for hydroxylation is 1. The van der Waals surface area contributed by atoms with Crippen LogP contribution in [0.3, 0.4) is 0 Å². The largest absolute Gasteiger partial charge is 0.306 e. The molecule has 1 aromatic carbocycles. The Hall–Kier alpha value is -0.540. The molecule has 0 saturated heterocycles. The van der Waals surface area contributed by atoms with Gasteiger partial charge in [0.1, 0.15) is 0 Å². The fourth-order valence-electron chi connectivity index (χ4n) is 2.02. The molecule has 0 saturated carbocycles. The average Bonchev–Trinajstić information content (AvgIpc) is 2.80. The Morgan fingerprint density at radius 2 is 1.95 bits per heavy atom. The molecule has 4 heteroatoms. The molecule has 1 nitrogen and oxygen atoms in total. The fraction of sp³-hybridized carbons (Fsp3) is 0.333. The Labute approximate surface area is 128 Å². The summed E-state index contributed by atoms with van der Waals surface area (Å²) < 4.78 is 0. The van der Waals surface area contributed by atoms with Crippen molar-refractivity contribution < 1.29 is 0 Å². The van der Waals surface area contributed by atoms with Crippen molar-refractivity contribution in [1.29, 1.82) is 0 Å². The molecule has 0 bridgehead atoms. The molecular formula is C15H17Cl2NS. The first-order valence-electron chi connectivity index (χ1n) is 6.35. The lowest BCUT2D eigenvalue weighted by Crippen LogP contribution is -2.22. The summed E-state index contributed by atoms with van der Waals surface area (Å²) >= 11 is 13.9. The highest BCUT2D eigenvalue weighted by Gasteiger charge is 2.15. The van der Waals surface area contributed by atoms with E-state index >= 15 is 0 Å². The third kappa shape index (κ3) is 3.73. The smallest absolute Gasteiger partial charge is 0.0595 e. The second kappa shape index (κ2) is 6.76. The van der Waals surface area contributed by atoms with E-state index in [0.29, 0.717) is 10.0 Å². The van der Waals surface area contributed by atoms with E-state index in [0.717, 1.165) is 18.5 Å². The number of halogens is 2. The Kier molecular flexibility index (Phi) is 5.28. The molecule has 1 heterocycles. The van der Waals surface area contributed by atoms with Gasteiger partial charge in [-0.2, -0.15) is 0 Å². The lowest BCUT2D eigenvalue weighted by molar-refractivity contribution is 0.600. The van der Waals surface area contributed by atoms with Crippen molar-refractivity contribution >= 4 is 34.5 Å². The fourth-order valence-corrected chi connectivity index (χ4v) is 3.06. The van der Waals surface area contributed by atoms with Crippen LogP contribution in [0.1, 0.15) is 35.4 Å². The molecular weight excluding hydrogens is 297 g/mol. The van der Waals surface area contributed by atoms with Gasteiger partial charge in [0.15, 0.2) is 0 Å². The molecule has 0 radical (unpaired) electrons. The lowest BCUT2D eigenvalue weighted by Gasteiger charge is -2.18. The van der Waals surface area contributed by atoms with Gasteiger partial charge in [-0.3, -0.25) is 0 Å². The third-order valence-corrected chi connectivity index (χ3v) is 4.58. The molecule has 0 aliphatic rings. The van der Waals surface area contributed by atoms with Crippen molar-refractivity contribution in [2.24, 2.45) is 0 Å². The molecule has 0 fully saturated rings. The standard InChI is InChI=1S/C15H17Cl2NS/c1-3-6-18-15(12-7-10(2)19-9-12)11-4-5-13(16)14(17)8-11/h4-5,7-9,15,18H,3,6H2,1-2H3. The summed E-state index contributed by atoms with van der Waals surface area (Å²) in [6, 6.07) is 8.25. The highest BCUT2D eigenvalue weighted by atomic mass is 35.5. The molecule has 1 atom stereocenters. The van der Waals surface area contributed by atoms with Gasteiger partial charge in [-0.25, -0.2) is 0 Å². The topological polar surface area (TPSA) is 12.0 Å². The molecule has 2 rings (SSSR count). The zero-order chi connectivity index (χ0) is 13.8. The van der Waals surface area contributed by atoms with Crippen LogP contribution in [0.5, 0.6) is 0 Å². The minimum Gasteiger partial charge on any atom is -0.306 e. The summed E-state index contributed by atoms with van der Waals surface area (Å²) in [7, 11) is 0. The number of nitrogens with one attached hydrogen (secondary N) is 1. The quantitative estimate of drug-likeness (QED) is 0.773. The highest BCUT2D eigenvalue weighted by Crippen LogP contribution is 2.30. The molecule has 0 amide bonds. The summed E-state index contributed by atoms with van der Waals surface area (Å²) in [6.07, 6.45) is 1.10. The van der Waals surface area contributed by atoms with Gasteiger partial charge in [-0.15, -0.1) is 11.3 Å². The third-order valence-electron chi connectivity index (χ3n) is 2.96. The zero-order valence-corrected chi connectivity index (χ0v) is 13.4. The van der Waals surface area contributed by atoms with Gasteiger partial charge < -0.3 is 5.32 Å². The van der Waals surface area contributed by atoms with E-state index in [4.69, 9.17) is 23.2 Å². The maximum absolute atomic E-state index is 6.13. The van der Waals surface area contributed by atoms with Crippen molar-refractivity contribution in [3.8, 4) is 0 Å². The van der Waals surface area contributed by atoms with Crippen LogP contribution < -0.4 is 5.32 Å². The first-order chi connectivity index (χ1) is 9.11. The van der Waals surface area contributed by atoms with Gasteiger partial charge in [0.2, 0.25) is 0 Å². The molecule has 19 heavy (non-hydrogen) atoms. The predicted octanol–water partition coefficient (Wildman–Crippen LogP) is 5.45. The van der Waals surface area contributed by atoms with Crippen molar-refractivity contribution in [3.05, 3.63) is 55.7 Å². The Morgan fingerprint density at radius 1 is 1.16 bits per heavy atom. The zero-order valence-electron chi connectivity index (χ0n) is 11.0. The van der Waals surface area contributed by atoms with Gasteiger partial charge in [-0.05, 0) is 54.6 Å². The van der Waals surface area contributed by atoms with Gasteiger partial charge in [0.05, 0.1) is 16.1 Å². The number of benzene rings is 1. The number of thiophene rings is 1. The van der Waals surface area contributed by atoms with Gasteiger partial charge in [-0.1, -0.05) is 36.2 Å². The van der Waals surface area contributed by atoms with Crippen LogP contribution in [0.25, 0.3) is 0 Å². The Morgan fingerprint density at radius 3 is 2.53 bits per heavy atom. The lowest BCUT2D eigenvalue weighted by atomic mass is 10.0. The van der Waals surface area contributed by atoms with Crippen LogP contribution in [-0.2, 0) is 0 Å². The second-order valence-corrected chi connectivity index (χ2v) is 6.48. The van der Waals surface area contributed by atoms with E-state index in [2.05, 4.69) is 30.6 Å². The molecule has 0 spiro atoms. The van der Waals surface area contributed by atoms with Crippen molar-refractivity contribution in [3.63, 3.8) is 0 Å². The van der Waals surface area contributed by atoms with Crippen molar-refractivity contribution in [2.75, 3.05) is 6.54 Å². The maximum atomic E-state index is 6.13. The molecule has 2 aromatic rings. The van der Waals surface area contributed by atoms with E-state index in [1.807, 2.05) is 18.2 Å². The second-order valence-electron chi connectivity index (χ2n) is 4.55. The summed E-state index contributed by atoms with van der Waals surface area (Å²) in [5, 5.41) is 6.97. The van der Waals surface area contributed by atoms with Gasteiger partial charge >= 0.3 is 0 Å². The van der Waals surface area contributed by atoms with Gasteiger partial charge in [0, 0.05) is 4.88 Å². The summed E-state index contributed by atoms with van der Waals surface area (Å²) in [5.41, 5.74) is 2.44. The van der Waals surface area contributed by atoms with Crippen LogP contribution in [0, 0.1) is 6.92 Å². The summed E-state index contributed by atoms with van der Waals surface area (Å²) in [5.74, 6) is 0. The monoisotopic (exact) mass is 313 g/mol. The van der Waals surface area contributed by atoms with E-state index < -0.39 is 0 Å². The van der Waals surface area contributed by atoms with E-state index in [1.165, 1.54) is 10.4 Å². The van der Waals surface area contributed by atoms with Gasteiger partial charge in [0.25, 0.3) is 0 Å². The van der Waals surface area contributed by atoms with Crippen LogP contribution in [-0.4, -0.2) is 6.54 Å². The van der Waals surface area contributed by atoms with Crippen molar-refractivity contribution in [1.82, 2.24) is 5.32 Å². The van der Waals surface area contributed by atoms with Crippen LogP contribution >= 0.6 is 34.5 Å². The molecule has 0 aliphatic carbocycles. The average molecular weight is 314 g/mol. The number of rotatable bonds is 5. The number of hydrogen-bond acceptors (Lipinski definition) is 2. The van der Waals surface area contributed by atoms with Crippen molar-refractivity contribution in [2.45, 2.75) is 26.3 Å². The minimum atomic E-state index is 0.180. The molecule has 0 aliphatic heterocycles. The maximum Gasteiger partial charge on any atom is 0.0595 e. The first kappa shape index (κ1) is 14.9. The normalized spacial score (nSPS) is 12.6. The van der Waals surface area contributed by atoms with E-state index in [9.17, 15) is 0 Å². The first-order valence-corrected chi connectivity index (χ1v) is 7.98. The minimum absolute atomic E-state index is 0.180. The molecule has 1 aromatic heterocycles. The number of hydrogen-bond donors (Lipinski definition) is 1. The molecule has 102 valence electrons. The SMILES string of the molecule is CCCNC(c1csc(C)c1)c1ccc(Cl)c(Cl)c1. The summed E-state index contributed by atoms with van der Waals surface area (Å²) in [4.78, 5) is 1.32. The Bertz CT molecular complexity index is 551. The molecule has 1 unspecified atom stereocenters. The van der Waals surface area contributed by atoms with E-state index in [1.54, 1.807) is 11.3 Å². The summed E-state index contributed by atoms with van der Waals surface area (Å²) in [6.45, 7) is 5.26. The van der Waals surface area contributed by atoms with E-state index in [-0.39, 0.29) is 6.04 Å². The highest BCUT2D eigenvalue weighted by molar-refractivity contribution is 7.10. The van der Waals surface area contributed by atoms with Crippen LogP contribution in [0.2, 0.25) is 10.0 Å². The van der Waals surface area contributed by atoms with Crippen LogP contribution in [0.15, 0.2) is 29.6 Å². The predicted molar refractivity (Wildman–Crippen MR) is 85.7 cm³/mol. The van der Waals surface area contributed by atoms with Crippen LogP contribution in [0.4, 0.5) is 0 Å². The molecule has 1 N–H and O–H groups in total. The Balaban J connectivity index is 2.33.